The number of hydrogen-bond donors (Lipinski definition) is 1. The molecule has 108 valence electrons. The molecule has 0 unspecified atom stereocenters. The molecular formula is C13H27ClN2OS. The molecule has 1 heterocycles. The lowest BCUT2D eigenvalue weighted by molar-refractivity contribution is -0.134. The Labute approximate surface area is 122 Å². The molecule has 1 N–H and O–H groups in total. The fourth-order valence-electron chi connectivity index (χ4n) is 2.38. The van der Waals surface area contributed by atoms with Crippen LogP contribution in [-0.4, -0.2) is 48.5 Å². The molecule has 5 heteroatoms. The minimum absolute atomic E-state index is 0. The van der Waals surface area contributed by atoms with Gasteiger partial charge in [-0.15, -0.1) is 12.4 Å². The van der Waals surface area contributed by atoms with Crippen molar-refractivity contribution in [2.75, 3.05) is 31.6 Å². The van der Waals surface area contributed by atoms with Crippen molar-refractivity contribution >= 4 is 30.1 Å². The van der Waals surface area contributed by atoms with Gasteiger partial charge >= 0.3 is 0 Å². The molecule has 0 bridgehead atoms. The van der Waals surface area contributed by atoms with Crippen molar-refractivity contribution in [3.8, 4) is 0 Å². The maximum atomic E-state index is 12.2. The van der Waals surface area contributed by atoms with Gasteiger partial charge in [0, 0.05) is 19.0 Å². The summed E-state index contributed by atoms with van der Waals surface area (Å²) in [5, 5.41) is 3.36. The molecule has 1 rings (SSSR count). The average molecular weight is 295 g/mol. The second kappa shape index (κ2) is 10.9. The zero-order valence-electron chi connectivity index (χ0n) is 11.6. The highest BCUT2D eigenvalue weighted by atomic mass is 35.5. The summed E-state index contributed by atoms with van der Waals surface area (Å²) >= 11 is 1.82. The SMILES string of the molecule is CCCN(C(=O)CCCSC)C1CCNCC1.Cl. The van der Waals surface area contributed by atoms with E-state index in [0.29, 0.717) is 11.9 Å². The lowest BCUT2D eigenvalue weighted by Crippen LogP contribution is -2.46. The molecule has 0 spiro atoms. The quantitative estimate of drug-likeness (QED) is 0.733. The fraction of sp³-hybridized carbons (Fsp3) is 0.923. The first-order valence-electron chi connectivity index (χ1n) is 6.78. The van der Waals surface area contributed by atoms with Crippen molar-refractivity contribution in [2.24, 2.45) is 0 Å². The number of thioether (sulfide) groups is 1. The molecule has 0 aromatic carbocycles. The van der Waals surface area contributed by atoms with Crippen LogP contribution in [-0.2, 0) is 4.79 Å². The van der Waals surface area contributed by atoms with Gasteiger partial charge in [-0.1, -0.05) is 6.92 Å². The molecule has 1 saturated heterocycles. The topological polar surface area (TPSA) is 32.3 Å². The first kappa shape index (κ1) is 18.1. The Hall–Kier alpha value is 0.0700. The van der Waals surface area contributed by atoms with Gasteiger partial charge in [0.15, 0.2) is 0 Å². The van der Waals surface area contributed by atoms with E-state index in [2.05, 4.69) is 23.4 Å². The minimum Gasteiger partial charge on any atom is -0.340 e. The van der Waals surface area contributed by atoms with Gasteiger partial charge < -0.3 is 10.2 Å². The monoisotopic (exact) mass is 294 g/mol. The number of carbonyl (C=O) groups is 1. The summed E-state index contributed by atoms with van der Waals surface area (Å²) < 4.78 is 0. The standard InChI is InChI=1S/C13H26N2OS.ClH/c1-3-10-15(12-6-8-14-9-7-12)13(16)5-4-11-17-2;/h12,14H,3-11H2,1-2H3;1H. The Balaban J connectivity index is 0.00000289. The Morgan fingerprint density at radius 1 is 1.39 bits per heavy atom. The summed E-state index contributed by atoms with van der Waals surface area (Å²) in [5.41, 5.74) is 0. The normalized spacial score (nSPS) is 16.1. The van der Waals surface area contributed by atoms with Gasteiger partial charge in [0.1, 0.15) is 0 Å². The molecular weight excluding hydrogens is 268 g/mol. The van der Waals surface area contributed by atoms with Gasteiger partial charge in [0.25, 0.3) is 0 Å². The lowest BCUT2D eigenvalue weighted by atomic mass is 10.0. The highest BCUT2D eigenvalue weighted by molar-refractivity contribution is 7.98. The van der Waals surface area contributed by atoms with E-state index in [1.54, 1.807) is 0 Å². The first-order chi connectivity index (χ1) is 8.29. The summed E-state index contributed by atoms with van der Waals surface area (Å²) in [6.07, 6.45) is 7.15. The van der Waals surface area contributed by atoms with Crippen LogP contribution in [0.1, 0.15) is 39.0 Å². The molecule has 3 nitrogen and oxygen atoms in total. The van der Waals surface area contributed by atoms with Crippen LogP contribution in [0.4, 0.5) is 0 Å². The summed E-state index contributed by atoms with van der Waals surface area (Å²) in [6, 6.07) is 0.484. The Bertz CT molecular complexity index is 223. The maximum Gasteiger partial charge on any atom is 0.222 e. The Morgan fingerprint density at radius 2 is 2.06 bits per heavy atom. The molecule has 0 aromatic heterocycles. The fourth-order valence-corrected chi connectivity index (χ4v) is 2.81. The molecule has 1 aliphatic heterocycles. The second-order valence-corrected chi connectivity index (χ2v) is 5.65. The third-order valence-electron chi connectivity index (χ3n) is 3.27. The van der Waals surface area contributed by atoms with Crippen molar-refractivity contribution < 1.29 is 4.79 Å². The number of hydrogen-bond acceptors (Lipinski definition) is 3. The average Bonchev–Trinajstić information content (AvgIpc) is 2.37. The van der Waals surface area contributed by atoms with E-state index in [4.69, 9.17) is 0 Å². The molecule has 0 aromatic rings. The molecule has 0 saturated carbocycles. The number of nitrogens with zero attached hydrogens (tertiary/aromatic N) is 1. The number of nitrogens with one attached hydrogen (secondary N) is 1. The van der Waals surface area contributed by atoms with E-state index in [1.807, 2.05) is 11.8 Å². The van der Waals surface area contributed by atoms with E-state index >= 15 is 0 Å². The molecule has 0 radical (unpaired) electrons. The van der Waals surface area contributed by atoms with Crippen LogP contribution in [0.2, 0.25) is 0 Å². The highest BCUT2D eigenvalue weighted by Gasteiger charge is 2.23. The molecule has 0 atom stereocenters. The molecule has 0 aliphatic carbocycles. The summed E-state index contributed by atoms with van der Waals surface area (Å²) in [5.74, 6) is 1.46. The van der Waals surface area contributed by atoms with Gasteiger partial charge in [0.05, 0.1) is 0 Å². The van der Waals surface area contributed by atoms with Crippen molar-refractivity contribution in [1.82, 2.24) is 10.2 Å². The zero-order chi connectivity index (χ0) is 12.5. The van der Waals surface area contributed by atoms with E-state index in [-0.39, 0.29) is 12.4 Å². The van der Waals surface area contributed by atoms with Crippen LogP contribution in [0.15, 0.2) is 0 Å². The van der Waals surface area contributed by atoms with Crippen LogP contribution < -0.4 is 5.32 Å². The minimum atomic E-state index is 0. The summed E-state index contributed by atoms with van der Waals surface area (Å²) in [7, 11) is 0. The highest BCUT2D eigenvalue weighted by Crippen LogP contribution is 2.15. The number of piperidine rings is 1. The number of halogens is 1. The predicted molar refractivity (Wildman–Crippen MR) is 82.8 cm³/mol. The van der Waals surface area contributed by atoms with E-state index in [0.717, 1.165) is 57.5 Å². The third-order valence-corrected chi connectivity index (χ3v) is 3.97. The first-order valence-corrected chi connectivity index (χ1v) is 8.18. The van der Waals surface area contributed by atoms with Crippen LogP contribution >= 0.6 is 24.2 Å². The molecule has 18 heavy (non-hydrogen) atoms. The van der Waals surface area contributed by atoms with Gasteiger partial charge in [-0.2, -0.15) is 11.8 Å². The third kappa shape index (κ3) is 6.30. The van der Waals surface area contributed by atoms with Crippen molar-refractivity contribution in [3.63, 3.8) is 0 Å². The van der Waals surface area contributed by atoms with Gasteiger partial charge in [-0.3, -0.25) is 4.79 Å². The second-order valence-electron chi connectivity index (χ2n) is 4.66. The molecule has 1 fully saturated rings. The summed E-state index contributed by atoms with van der Waals surface area (Å²) in [6.45, 7) is 5.21. The number of carbonyl (C=O) groups excluding carboxylic acids is 1. The molecule has 1 aliphatic rings. The van der Waals surface area contributed by atoms with Crippen LogP contribution in [0, 0.1) is 0 Å². The Morgan fingerprint density at radius 3 is 2.61 bits per heavy atom. The van der Waals surface area contributed by atoms with Gasteiger partial charge in [0.2, 0.25) is 5.91 Å². The van der Waals surface area contributed by atoms with Gasteiger partial charge in [-0.25, -0.2) is 0 Å². The maximum absolute atomic E-state index is 12.2. The lowest BCUT2D eigenvalue weighted by Gasteiger charge is -2.34. The predicted octanol–water partition coefficient (Wildman–Crippen LogP) is 2.54. The van der Waals surface area contributed by atoms with Crippen LogP contribution in [0.3, 0.4) is 0 Å². The molecule has 1 amide bonds. The van der Waals surface area contributed by atoms with Crippen molar-refractivity contribution in [1.29, 1.82) is 0 Å². The summed E-state index contributed by atoms with van der Waals surface area (Å²) in [4.78, 5) is 14.3. The van der Waals surface area contributed by atoms with Crippen molar-refractivity contribution in [3.05, 3.63) is 0 Å². The smallest absolute Gasteiger partial charge is 0.222 e. The Kier molecular flexibility index (Phi) is 11.0. The van der Waals surface area contributed by atoms with E-state index < -0.39 is 0 Å². The number of rotatable bonds is 7. The largest absolute Gasteiger partial charge is 0.340 e. The van der Waals surface area contributed by atoms with Crippen molar-refractivity contribution in [2.45, 2.75) is 45.1 Å². The van der Waals surface area contributed by atoms with Gasteiger partial charge in [-0.05, 0) is 50.8 Å². The van der Waals surface area contributed by atoms with Crippen LogP contribution in [0.5, 0.6) is 0 Å². The van der Waals surface area contributed by atoms with E-state index in [1.165, 1.54) is 0 Å². The van der Waals surface area contributed by atoms with Crippen LogP contribution in [0.25, 0.3) is 0 Å². The van der Waals surface area contributed by atoms with E-state index in [9.17, 15) is 4.79 Å². The number of amides is 1. The zero-order valence-corrected chi connectivity index (χ0v) is 13.2.